The first-order chi connectivity index (χ1) is 18.6. The summed E-state index contributed by atoms with van der Waals surface area (Å²) in [7, 11) is -3.50. The molecule has 0 saturated carbocycles. The van der Waals surface area contributed by atoms with Crippen LogP contribution < -0.4 is 25.8 Å². The minimum Gasteiger partial charge on any atom is -0.442 e. The molecule has 0 spiro atoms. The molecule has 3 aliphatic rings. The van der Waals surface area contributed by atoms with Crippen LogP contribution in [0.3, 0.4) is 0 Å². The molecule has 2 amide bonds. The molecule has 4 rings (SSSR count). The highest BCUT2D eigenvalue weighted by molar-refractivity contribution is 8.39. The third kappa shape index (κ3) is 7.22. The van der Waals surface area contributed by atoms with E-state index in [0.29, 0.717) is 49.9 Å². The summed E-state index contributed by atoms with van der Waals surface area (Å²) in [4.78, 5) is 51.1. The summed E-state index contributed by atoms with van der Waals surface area (Å²) in [6, 6.07) is 4.34. The maximum Gasteiger partial charge on any atom is 0.414 e. The van der Waals surface area contributed by atoms with Crippen molar-refractivity contribution in [1.29, 1.82) is 0 Å². The van der Waals surface area contributed by atoms with Crippen LogP contribution in [0.15, 0.2) is 18.2 Å². The summed E-state index contributed by atoms with van der Waals surface area (Å²) in [5.74, 6) is -0.939. The number of rotatable bonds is 8. The molecule has 4 unspecified atom stereocenters. The first-order valence-electron chi connectivity index (χ1n) is 12.3. The van der Waals surface area contributed by atoms with Gasteiger partial charge >= 0.3 is 6.09 Å². The van der Waals surface area contributed by atoms with Gasteiger partial charge in [-0.2, -0.15) is 0 Å². The standard InChI is InChI=1S/C23H30FN5O7S3/c1-14(31)27-9-16-12-29(22(32)36-16)15-2-3-18(17(24)8-15)28-6-4-25-11-21(28)38-23(33)37-19(13-30)20-10-26-5-7-39(20,34)35/h2-3,8,13,16,19-21,25-26H,4-7,9-12H2,1H3,(H,27,31). The Morgan fingerprint density at radius 1 is 1.28 bits per heavy atom. The van der Waals surface area contributed by atoms with Gasteiger partial charge in [-0.25, -0.2) is 17.6 Å². The van der Waals surface area contributed by atoms with E-state index in [4.69, 9.17) is 4.74 Å². The van der Waals surface area contributed by atoms with E-state index < -0.39 is 48.2 Å². The van der Waals surface area contributed by atoms with Crippen LogP contribution in [0.5, 0.6) is 0 Å². The third-order valence-electron chi connectivity index (χ3n) is 6.54. The summed E-state index contributed by atoms with van der Waals surface area (Å²) in [6.45, 7) is 3.37. The van der Waals surface area contributed by atoms with Gasteiger partial charge in [0.25, 0.3) is 0 Å². The molecule has 3 aliphatic heterocycles. The molecular formula is C23H30FN5O7S3. The molecule has 3 N–H and O–H groups in total. The molecule has 0 bridgehead atoms. The van der Waals surface area contributed by atoms with Crippen molar-refractivity contribution in [2.24, 2.45) is 0 Å². The van der Waals surface area contributed by atoms with Crippen molar-refractivity contribution in [1.82, 2.24) is 16.0 Å². The lowest BCUT2D eigenvalue weighted by Crippen LogP contribution is -2.51. The van der Waals surface area contributed by atoms with Crippen molar-refractivity contribution >= 4 is 67.5 Å². The minimum atomic E-state index is -3.50. The van der Waals surface area contributed by atoms with Crippen molar-refractivity contribution in [3.63, 3.8) is 0 Å². The number of hydrogen-bond acceptors (Lipinski definition) is 12. The Balaban J connectivity index is 1.42. The molecule has 1 aromatic carbocycles. The Kier molecular flexibility index (Phi) is 9.74. The van der Waals surface area contributed by atoms with Crippen LogP contribution in [-0.2, 0) is 24.2 Å². The Morgan fingerprint density at radius 3 is 2.74 bits per heavy atom. The number of nitrogens with zero attached hydrogens (tertiary/aromatic N) is 2. The molecule has 3 fully saturated rings. The van der Waals surface area contributed by atoms with E-state index in [9.17, 15) is 27.6 Å². The maximum atomic E-state index is 15.4. The van der Waals surface area contributed by atoms with Crippen LogP contribution in [0.2, 0.25) is 0 Å². The van der Waals surface area contributed by atoms with Gasteiger partial charge in [-0.1, -0.05) is 23.5 Å². The zero-order chi connectivity index (χ0) is 28.2. The van der Waals surface area contributed by atoms with E-state index in [2.05, 4.69) is 16.0 Å². The topological polar surface area (TPSA) is 154 Å². The molecule has 1 aromatic rings. The fourth-order valence-electron chi connectivity index (χ4n) is 4.55. The average Bonchev–Trinajstić information content (AvgIpc) is 3.27. The second-order valence-electron chi connectivity index (χ2n) is 9.24. The normalized spacial score (nSPS) is 25.6. The highest BCUT2D eigenvalue weighted by Crippen LogP contribution is 2.35. The highest BCUT2D eigenvalue weighted by atomic mass is 32.2. The second kappa shape index (κ2) is 12.8. The Morgan fingerprint density at radius 2 is 2.05 bits per heavy atom. The van der Waals surface area contributed by atoms with Gasteiger partial charge in [-0.05, 0) is 18.2 Å². The lowest BCUT2D eigenvalue weighted by atomic mass is 10.2. The Hall–Kier alpha value is -2.40. The van der Waals surface area contributed by atoms with E-state index >= 15 is 4.39 Å². The molecule has 39 heavy (non-hydrogen) atoms. The number of halogens is 1. The van der Waals surface area contributed by atoms with Crippen molar-refractivity contribution in [2.75, 3.05) is 61.4 Å². The smallest absolute Gasteiger partial charge is 0.414 e. The minimum absolute atomic E-state index is 0.0927. The largest absolute Gasteiger partial charge is 0.442 e. The van der Waals surface area contributed by atoms with Crippen molar-refractivity contribution < 1.29 is 36.7 Å². The van der Waals surface area contributed by atoms with Crippen LogP contribution in [0, 0.1) is 5.82 Å². The van der Waals surface area contributed by atoms with Gasteiger partial charge < -0.3 is 30.4 Å². The quantitative estimate of drug-likeness (QED) is 0.356. The Bertz CT molecular complexity index is 1220. The van der Waals surface area contributed by atoms with E-state index in [1.807, 2.05) is 0 Å². The fraction of sp³-hybridized carbons (Fsp3) is 0.565. The Labute approximate surface area is 234 Å². The molecule has 4 atom stereocenters. The summed E-state index contributed by atoms with van der Waals surface area (Å²) in [5, 5.41) is 6.18. The molecule has 12 nitrogen and oxygen atoms in total. The average molecular weight is 604 g/mol. The number of nitrogens with one attached hydrogen (secondary N) is 3. The zero-order valence-electron chi connectivity index (χ0n) is 21.1. The summed E-state index contributed by atoms with van der Waals surface area (Å²) < 4.78 is 45.0. The third-order valence-corrected chi connectivity index (χ3v) is 11.2. The fourth-order valence-corrected chi connectivity index (χ4v) is 8.99. The van der Waals surface area contributed by atoms with E-state index in [-0.39, 0.29) is 37.0 Å². The summed E-state index contributed by atoms with van der Waals surface area (Å²) >= 11 is 1.58. The van der Waals surface area contributed by atoms with Gasteiger partial charge in [0.05, 0.1) is 46.1 Å². The number of cyclic esters (lactones) is 1. The van der Waals surface area contributed by atoms with Crippen molar-refractivity contribution in [3.05, 3.63) is 24.0 Å². The van der Waals surface area contributed by atoms with Crippen LogP contribution in [0.4, 0.5) is 25.4 Å². The van der Waals surface area contributed by atoms with Gasteiger partial charge in [-0.15, -0.1) is 0 Å². The number of piperazine rings is 1. The predicted molar refractivity (Wildman–Crippen MR) is 148 cm³/mol. The van der Waals surface area contributed by atoms with Crippen LogP contribution >= 0.6 is 23.5 Å². The number of anilines is 2. The molecule has 3 saturated heterocycles. The molecule has 16 heteroatoms. The maximum absolute atomic E-state index is 15.4. The van der Waals surface area contributed by atoms with Crippen molar-refractivity contribution in [3.8, 4) is 0 Å². The van der Waals surface area contributed by atoms with Gasteiger partial charge in [-0.3, -0.25) is 14.5 Å². The number of sulfone groups is 1. The SMILES string of the molecule is CC(=O)NCC1CN(c2ccc(N3CCNCC3SC(=O)SC(C=O)C3CNCCS3(=O)=O)c(F)c2)C(=O)O1. The van der Waals surface area contributed by atoms with Crippen LogP contribution in [0.1, 0.15) is 6.92 Å². The van der Waals surface area contributed by atoms with Gasteiger partial charge in [0.2, 0.25) is 10.4 Å². The number of thioether (sulfide) groups is 2. The number of benzene rings is 1. The molecule has 0 aromatic heterocycles. The van der Waals surface area contributed by atoms with Crippen LogP contribution in [-0.4, -0.2) is 105 Å². The van der Waals surface area contributed by atoms with E-state index in [1.54, 1.807) is 11.0 Å². The highest BCUT2D eigenvalue weighted by Gasteiger charge is 2.38. The molecule has 0 radical (unpaired) electrons. The lowest BCUT2D eigenvalue weighted by Gasteiger charge is -2.37. The summed E-state index contributed by atoms with van der Waals surface area (Å²) in [5.41, 5.74) is 0.539. The van der Waals surface area contributed by atoms with Crippen molar-refractivity contribution in [2.45, 2.75) is 28.9 Å². The first-order valence-corrected chi connectivity index (χ1v) is 15.8. The zero-order valence-corrected chi connectivity index (χ0v) is 23.6. The number of aldehydes is 1. The lowest BCUT2D eigenvalue weighted by molar-refractivity contribution is -0.119. The monoisotopic (exact) mass is 603 g/mol. The van der Waals surface area contributed by atoms with Gasteiger partial charge in [0.15, 0.2) is 9.84 Å². The number of ether oxygens (including phenoxy) is 1. The molecule has 0 aliphatic carbocycles. The molecular weight excluding hydrogens is 573 g/mol. The first kappa shape index (κ1) is 29.6. The summed E-state index contributed by atoms with van der Waals surface area (Å²) in [6.07, 6.45) is -0.704. The molecule has 3 heterocycles. The predicted octanol–water partition coefficient (Wildman–Crippen LogP) is 0.563. The van der Waals surface area contributed by atoms with Crippen LogP contribution in [0.25, 0.3) is 0 Å². The number of hydrogen-bond donors (Lipinski definition) is 3. The van der Waals surface area contributed by atoms with E-state index in [0.717, 1.165) is 11.8 Å². The number of carbonyl (C=O) groups is 4. The van der Waals surface area contributed by atoms with Gasteiger partial charge in [0.1, 0.15) is 18.2 Å². The number of carbonyl (C=O) groups excluding carboxylic acids is 4. The van der Waals surface area contributed by atoms with Gasteiger partial charge in [0, 0.05) is 39.6 Å². The number of amides is 2. The molecule has 214 valence electrons. The van der Waals surface area contributed by atoms with E-state index in [1.165, 1.54) is 24.0 Å². The second-order valence-corrected chi connectivity index (χ2v) is 14.1.